The standard InChI is InChI=1S/C20H18ClN3O2/c1-12(14-5-2-3-6-16(14)21)22-19(25)13-8-9-15-17(11-13)23-18-7-4-10-24(18)20(15)26/h2-3,5-6,8-9,11-12H,4,7,10H2,1H3,(H,22,25)/t12-/m0/s1. The van der Waals surface area contributed by atoms with Crippen molar-refractivity contribution in [3.05, 3.63) is 74.8 Å². The van der Waals surface area contributed by atoms with Crippen molar-refractivity contribution in [2.75, 3.05) is 0 Å². The highest BCUT2D eigenvalue weighted by atomic mass is 35.5. The molecule has 1 aromatic heterocycles. The Labute approximate surface area is 155 Å². The lowest BCUT2D eigenvalue weighted by atomic mass is 10.1. The van der Waals surface area contributed by atoms with Crippen molar-refractivity contribution < 1.29 is 4.79 Å². The maximum absolute atomic E-state index is 12.6. The van der Waals surface area contributed by atoms with Crippen LogP contribution in [0, 0.1) is 0 Å². The molecule has 1 N–H and O–H groups in total. The Morgan fingerprint density at radius 1 is 1.27 bits per heavy atom. The Morgan fingerprint density at radius 2 is 2.08 bits per heavy atom. The molecule has 0 bridgehead atoms. The second-order valence-corrected chi connectivity index (χ2v) is 6.94. The van der Waals surface area contributed by atoms with E-state index in [1.165, 1.54) is 0 Å². The zero-order valence-corrected chi connectivity index (χ0v) is 15.1. The summed E-state index contributed by atoms with van der Waals surface area (Å²) in [6.07, 6.45) is 1.73. The van der Waals surface area contributed by atoms with Crippen LogP contribution in [-0.2, 0) is 13.0 Å². The molecular weight excluding hydrogens is 350 g/mol. The Bertz CT molecular complexity index is 1070. The van der Waals surface area contributed by atoms with Crippen LogP contribution >= 0.6 is 11.6 Å². The summed E-state index contributed by atoms with van der Waals surface area (Å²) in [6.45, 7) is 2.60. The van der Waals surface area contributed by atoms with E-state index in [-0.39, 0.29) is 17.5 Å². The number of nitrogens with one attached hydrogen (secondary N) is 1. The van der Waals surface area contributed by atoms with Crippen molar-refractivity contribution in [2.24, 2.45) is 0 Å². The summed E-state index contributed by atoms with van der Waals surface area (Å²) in [5.41, 5.74) is 1.88. The monoisotopic (exact) mass is 367 g/mol. The molecule has 0 saturated heterocycles. The number of carbonyl (C=O) groups excluding carboxylic acids is 1. The molecule has 2 aromatic carbocycles. The number of nitrogens with zero attached hydrogens (tertiary/aromatic N) is 2. The average Bonchev–Trinajstić information content (AvgIpc) is 3.10. The first-order valence-corrected chi connectivity index (χ1v) is 9.01. The molecule has 0 spiro atoms. The summed E-state index contributed by atoms with van der Waals surface area (Å²) in [5, 5.41) is 4.11. The number of fused-ring (bicyclic) bond motifs is 2. The van der Waals surface area contributed by atoms with Crippen LogP contribution < -0.4 is 10.9 Å². The zero-order chi connectivity index (χ0) is 18.3. The van der Waals surface area contributed by atoms with Crippen LogP contribution in [0.3, 0.4) is 0 Å². The number of amides is 1. The predicted molar refractivity (Wildman–Crippen MR) is 102 cm³/mol. The SMILES string of the molecule is C[C@H](NC(=O)c1ccc2c(=O)n3c(nc2c1)CCC3)c1ccccc1Cl. The van der Waals surface area contributed by atoms with Crippen molar-refractivity contribution in [1.29, 1.82) is 0 Å². The smallest absolute Gasteiger partial charge is 0.261 e. The normalized spacial score (nSPS) is 14.2. The molecule has 3 aromatic rings. The van der Waals surface area contributed by atoms with Gasteiger partial charge in [-0.2, -0.15) is 0 Å². The predicted octanol–water partition coefficient (Wildman–Crippen LogP) is 3.49. The molecule has 0 fully saturated rings. The van der Waals surface area contributed by atoms with Gasteiger partial charge in [-0.15, -0.1) is 0 Å². The molecule has 132 valence electrons. The largest absolute Gasteiger partial charge is 0.345 e. The van der Waals surface area contributed by atoms with Gasteiger partial charge in [0.05, 0.1) is 16.9 Å². The van der Waals surface area contributed by atoms with Crippen LogP contribution in [0.2, 0.25) is 5.02 Å². The minimum atomic E-state index is -0.231. The van der Waals surface area contributed by atoms with Gasteiger partial charge in [-0.1, -0.05) is 29.8 Å². The third-order valence-corrected chi connectivity index (χ3v) is 5.14. The molecule has 1 aliphatic rings. The van der Waals surface area contributed by atoms with Gasteiger partial charge in [0.1, 0.15) is 5.82 Å². The van der Waals surface area contributed by atoms with Gasteiger partial charge < -0.3 is 5.32 Å². The third kappa shape index (κ3) is 2.88. The fourth-order valence-electron chi connectivity index (χ4n) is 3.41. The Kier molecular flexibility index (Phi) is 4.24. The number of halogens is 1. The lowest BCUT2D eigenvalue weighted by molar-refractivity contribution is 0.0940. The van der Waals surface area contributed by atoms with E-state index in [9.17, 15) is 9.59 Å². The maximum atomic E-state index is 12.6. The molecule has 0 aliphatic carbocycles. The number of carbonyl (C=O) groups is 1. The molecule has 5 nitrogen and oxygen atoms in total. The Hall–Kier alpha value is -2.66. The fraction of sp³-hybridized carbons (Fsp3) is 0.250. The van der Waals surface area contributed by atoms with Gasteiger partial charge in [0.15, 0.2) is 0 Å². The van der Waals surface area contributed by atoms with Crippen LogP contribution in [0.25, 0.3) is 10.9 Å². The lowest BCUT2D eigenvalue weighted by Crippen LogP contribution is -2.27. The summed E-state index contributed by atoms with van der Waals surface area (Å²) in [5.74, 6) is 0.575. The Balaban J connectivity index is 1.64. The van der Waals surface area contributed by atoms with Crippen LogP contribution in [0.5, 0.6) is 0 Å². The van der Waals surface area contributed by atoms with Crippen LogP contribution in [0.1, 0.15) is 41.1 Å². The first-order chi connectivity index (χ1) is 12.5. The molecule has 26 heavy (non-hydrogen) atoms. The minimum absolute atomic E-state index is 0.0288. The van der Waals surface area contributed by atoms with Crippen molar-refractivity contribution in [2.45, 2.75) is 32.4 Å². The number of aryl methyl sites for hydroxylation is 1. The van der Waals surface area contributed by atoms with E-state index in [1.54, 1.807) is 28.8 Å². The molecule has 1 amide bonds. The highest BCUT2D eigenvalue weighted by molar-refractivity contribution is 6.31. The maximum Gasteiger partial charge on any atom is 0.261 e. The second kappa shape index (κ2) is 6.57. The summed E-state index contributed by atoms with van der Waals surface area (Å²) in [6, 6.07) is 12.2. The molecule has 0 saturated carbocycles. The van der Waals surface area contributed by atoms with Gasteiger partial charge in [-0.05, 0) is 43.2 Å². The summed E-state index contributed by atoms with van der Waals surface area (Å²) in [4.78, 5) is 29.7. The van der Waals surface area contributed by atoms with Gasteiger partial charge in [-0.3, -0.25) is 14.2 Å². The minimum Gasteiger partial charge on any atom is -0.345 e. The molecular formula is C20H18ClN3O2. The van der Waals surface area contributed by atoms with Crippen LogP contribution in [-0.4, -0.2) is 15.5 Å². The van der Waals surface area contributed by atoms with Gasteiger partial charge in [0, 0.05) is 23.6 Å². The van der Waals surface area contributed by atoms with E-state index >= 15 is 0 Å². The van der Waals surface area contributed by atoms with E-state index in [1.807, 2.05) is 25.1 Å². The molecule has 1 atom stereocenters. The van der Waals surface area contributed by atoms with Gasteiger partial charge in [0.2, 0.25) is 0 Å². The molecule has 4 rings (SSSR count). The summed E-state index contributed by atoms with van der Waals surface area (Å²) >= 11 is 6.20. The van der Waals surface area contributed by atoms with E-state index in [4.69, 9.17) is 11.6 Å². The van der Waals surface area contributed by atoms with E-state index in [2.05, 4.69) is 10.3 Å². The lowest BCUT2D eigenvalue weighted by Gasteiger charge is -2.16. The molecule has 2 heterocycles. The molecule has 0 unspecified atom stereocenters. The molecule has 1 aliphatic heterocycles. The van der Waals surface area contributed by atoms with Gasteiger partial charge in [0.25, 0.3) is 11.5 Å². The van der Waals surface area contributed by atoms with E-state index in [0.717, 1.165) is 24.2 Å². The topological polar surface area (TPSA) is 64.0 Å². The summed E-state index contributed by atoms with van der Waals surface area (Å²) in [7, 11) is 0. The first-order valence-electron chi connectivity index (χ1n) is 8.63. The van der Waals surface area contributed by atoms with Crippen molar-refractivity contribution in [3.63, 3.8) is 0 Å². The van der Waals surface area contributed by atoms with Crippen LogP contribution in [0.4, 0.5) is 0 Å². The molecule has 6 heteroatoms. The van der Waals surface area contributed by atoms with E-state index < -0.39 is 0 Å². The number of benzene rings is 2. The van der Waals surface area contributed by atoms with Gasteiger partial charge >= 0.3 is 0 Å². The number of aromatic nitrogens is 2. The number of hydrogen-bond donors (Lipinski definition) is 1. The number of rotatable bonds is 3. The first kappa shape index (κ1) is 16.8. The molecule has 0 radical (unpaired) electrons. The van der Waals surface area contributed by atoms with Crippen molar-refractivity contribution in [3.8, 4) is 0 Å². The number of hydrogen-bond acceptors (Lipinski definition) is 3. The van der Waals surface area contributed by atoms with Crippen molar-refractivity contribution in [1.82, 2.24) is 14.9 Å². The second-order valence-electron chi connectivity index (χ2n) is 6.54. The van der Waals surface area contributed by atoms with Crippen LogP contribution in [0.15, 0.2) is 47.3 Å². The highest BCUT2D eigenvalue weighted by Crippen LogP contribution is 2.23. The van der Waals surface area contributed by atoms with E-state index in [0.29, 0.717) is 28.0 Å². The average molecular weight is 368 g/mol. The zero-order valence-electron chi connectivity index (χ0n) is 14.3. The quantitative estimate of drug-likeness (QED) is 0.770. The van der Waals surface area contributed by atoms with Crippen molar-refractivity contribution >= 4 is 28.4 Å². The Morgan fingerprint density at radius 3 is 2.88 bits per heavy atom. The summed E-state index contributed by atoms with van der Waals surface area (Å²) < 4.78 is 1.72. The highest BCUT2D eigenvalue weighted by Gasteiger charge is 2.18. The third-order valence-electron chi connectivity index (χ3n) is 4.80. The van der Waals surface area contributed by atoms with Gasteiger partial charge in [-0.25, -0.2) is 4.98 Å². The fourth-order valence-corrected chi connectivity index (χ4v) is 3.71.